The first-order valence-corrected chi connectivity index (χ1v) is 18.3. The number of amides is 2. The molecule has 6 rings (SSSR count). The third-order valence-electron chi connectivity index (χ3n) is 9.75. The van der Waals surface area contributed by atoms with Crippen LogP contribution in [0, 0.1) is 17.8 Å². The van der Waals surface area contributed by atoms with E-state index >= 15 is 0 Å². The number of ketones is 1. The standard InChI is InChI=1S/C44H47N5O4/c1-44(2,45)43(52)47-39(30-53-29-34-11-5-3-6-12-34)40(50)22-21-38-28-49(31-46-38)41(36-14-7-4-8-15-36)42(51)48-25-23-32(24-26-48)17-18-33-19-20-35-13-9-10-16-37(35)27-33/h3-16,19-20,27-28,31-32,39,41H,17-18,23-26,29-30,45H2,1-2H3,(H,47,52)/t39-,41?/m1/s1. The number of likely N-dealkylation sites (tertiary alicyclic amines) is 1. The monoisotopic (exact) mass is 709 g/mol. The van der Waals surface area contributed by atoms with Gasteiger partial charge in [0.15, 0.2) is 0 Å². The number of hydrogen-bond acceptors (Lipinski definition) is 6. The second-order valence-electron chi connectivity index (χ2n) is 14.4. The number of nitrogens with zero attached hydrogens (tertiary/aromatic N) is 3. The van der Waals surface area contributed by atoms with Crippen LogP contribution in [-0.4, -0.2) is 63.3 Å². The molecule has 9 heteroatoms. The Bertz CT molecular complexity index is 2070. The predicted molar refractivity (Wildman–Crippen MR) is 207 cm³/mol. The number of piperidine rings is 1. The van der Waals surface area contributed by atoms with Crippen LogP contribution in [0.3, 0.4) is 0 Å². The molecule has 0 radical (unpaired) electrons. The SMILES string of the molecule is CC(C)(N)C(=O)N[C@H](COCc1ccccc1)C(=O)C#Cc1cn(C(C(=O)N2CCC(CCc3ccc4ccccc4c3)CC2)c2ccccc2)cn1. The van der Waals surface area contributed by atoms with Gasteiger partial charge in [0.25, 0.3) is 0 Å². The summed E-state index contributed by atoms with van der Waals surface area (Å²) in [5, 5.41) is 5.21. The van der Waals surface area contributed by atoms with Crippen molar-refractivity contribution >= 4 is 28.4 Å². The lowest BCUT2D eigenvalue weighted by molar-refractivity contribution is -0.135. The number of nitrogens with two attached hydrogens (primary N) is 1. The van der Waals surface area contributed by atoms with E-state index in [1.165, 1.54) is 16.3 Å². The molecule has 5 aromatic rings. The highest BCUT2D eigenvalue weighted by Gasteiger charge is 2.31. The van der Waals surface area contributed by atoms with E-state index in [0.717, 1.165) is 36.8 Å². The number of ether oxygens (including phenoxy) is 1. The number of nitrogens with one attached hydrogen (secondary N) is 1. The number of carbonyl (C=O) groups is 3. The lowest BCUT2D eigenvalue weighted by Gasteiger charge is -2.34. The fourth-order valence-corrected chi connectivity index (χ4v) is 6.61. The molecule has 1 aliphatic heterocycles. The van der Waals surface area contributed by atoms with E-state index in [2.05, 4.69) is 64.6 Å². The molecule has 2 amide bonds. The van der Waals surface area contributed by atoms with Crippen molar-refractivity contribution in [3.05, 3.63) is 138 Å². The maximum Gasteiger partial charge on any atom is 0.250 e. The van der Waals surface area contributed by atoms with Gasteiger partial charge in [0.2, 0.25) is 17.6 Å². The molecule has 0 saturated carbocycles. The number of rotatable bonds is 13. The van der Waals surface area contributed by atoms with Crippen LogP contribution in [0.2, 0.25) is 0 Å². The van der Waals surface area contributed by atoms with Crippen LogP contribution in [0.5, 0.6) is 0 Å². The number of Topliss-reactive ketones (excluding diaryl/α,β-unsaturated/α-hetero) is 1. The van der Waals surface area contributed by atoms with E-state index in [1.807, 2.05) is 65.6 Å². The largest absolute Gasteiger partial charge is 0.374 e. The molecule has 2 atom stereocenters. The number of fused-ring (bicyclic) bond motifs is 1. The molecule has 272 valence electrons. The Morgan fingerprint density at radius 1 is 0.906 bits per heavy atom. The van der Waals surface area contributed by atoms with Crippen molar-refractivity contribution in [2.75, 3.05) is 19.7 Å². The minimum Gasteiger partial charge on any atom is -0.374 e. The smallest absolute Gasteiger partial charge is 0.250 e. The zero-order valence-corrected chi connectivity index (χ0v) is 30.4. The highest BCUT2D eigenvalue weighted by atomic mass is 16.5. The Morgan fingerprint density at radius 3 is 2.30 bits per heavy atom. The van der Waals surface area contributed by atoms with Gasteiger partial charge in [0.1, 0.15) is 17.8 Å². The van der Waals surface area contributed by atoms with Gasteiger partial charge in [-0.3, -0.25) is 14.4 Å². The summed E-state index contributed by atoms with van der Waals surface area (Å²) in [5.74, 6) is 4.99. The van der Waals surface area contributed by atoms with Crippen LogP contribution in [0.1, 0.15) is 61.5 Å². The molecule has 0 bridgehead atoms. The van der Waals surface area contributed by atoms with Gasteiger partial charge in [0.05, 0.1) is 25.1 Å². The Morgan fingerprint density at radius 2 is 1.58 bits per heavy atom. The average molecular weight is 710 g/mol. The Kier molecular flexibility index (Phi) is 12.1. The van der Waals surface area contributed by atoms with E-state index in [0.29, 0.717) is 24.7 Å². The summed E-state index contributed by atoms with van der Waals surface area (Å²) in [6, 6.07) is 32.7. The second-order valence-corrected chi connectivity index (χ2v) is 14.4. The van der Waals surface area contributed by atoms with Crippen molar-refractivity contribution in [2.45, 2.75) is 63.8 Å². The highest BCUT2D eigenvalue weighted by molar-refractivity contribution is 6.02. The van der Waals surface area contributed by atoms with Crippen LogP contribution in [-0.2, 0) is 32.1 Å². The fourth-order valence-electron chi connectivity index (χ4n) is 6.61. The van der Waals surface area contributed by atoms with E-state index in [1.54, 1.807) is 30.9 Å². The van der Waals surface area contributed by atoms with Crippen LogP contribution < -0.4 is 11.1 Å². The normalized spacial score (nSPS) is 14.6. The van der Waals surface area contributed by atoms with Crippen LogP contribution >= 0.6 is 0 Å². The van der Waals surface area contributed by atoms with Gasteiger partial charge in [-0.1, -0.05) is 103 Å². The quantitative estimate of drug-likeness (QED) is 0.148. The molecule has 0 aliphatic carbocycles. The molecule has 0 spiro atoms. The van der Waals surface area contributed by atoms with Gasteiger partial charge >= 0.3 is 0 Å². The first-order valence-electron chi connectivity index (χ1n) is 18.3. The van der Waals surface area contributed by atoms with Crippen LogP contribution in [0.25, 0.3) is 10.8 Å². The van der Waals surface area contributed by atoms with Gasteiger partial charge in [-0.25, -0.2) is 4.98 Å². The molecule has 3 N–H and O–H groups in total. The summed E-state index contributed by atoms with van der Waals surface area (Å²) in [5.41, 5.74) is 8.24. The van der Waals surface area contributed by atoms with Crippen molar-refractivity contribution in [1.82, 2.24) is 19.8 Å². The first kappa shape index (κ1) is 37.2. The molecule has 53 heavy (non-hydrogen) atoms. The second kappa shape index (κ2) is 17.3. The summed E-state index contributed by atoms with van der Waals surface area (Å²) in [6.45, 7) is 4.70. The number of aromatic nitrogens is 2. The lowest BCUT2D eigenvalue weighted by atomic mass is 9.89. The predicted octanol–water partition coefficient (Wildman–Crippen LogP) is 5.86. The van der Waals surface area contributed by atoms with Gasteiger partial charge < -0.3 is 25.3 Å². The maximum absolute atomic E-state index is 14.2. The minimum absolute atomic E-state index is 0.0000878. The molecule has 1 saturated heterocycles. The zero-order valence-electron chi connectivity index (χ0n) is 30.4. The van der Waals surface area contributed by atoms with E-state index < -0.39 is 29.3 Å². The van der Waals surface area contributed by atoms with Gasteiger partial charge in [0, 0.05) is 19.3 Å². The van der Waals surface area contributed by atoms with E-state index in [-0.39, 0.29) is 19.1 Å². The minimum atomic E-state index is -1.20. The van der Waals surface area contributed by atoms with Crippen molar-refractivity contribution in [3.63, 3.8) is 0 Å². The number of imidazole rings is 1. The van der Waals surface area contributed by atoms with E-state index in [4.69, 9.17) is 10.5 Å². The summed E-state index contributed by atoms with van der Waals surface area (Å²) < 4.78 is 7.55. The average Bonchev–Trinajstić information content (AvgIpc) is 3.64. The van der Waals surface area contributed by atoms with Crippen molar-refractivity contribution in [2.24, 2.45) is 11.7 Å². The lowest BCUT2D eigenvalue weighted by Crippen LogP contribution is -2.55. The van der Waals surface area contributed by atoms with Crippen LogP contribution in [0.15, 0.2) is 116 Å². The van der Waals surface area contributed by atoms with Crippen molar-refractivity contribution in [3.8, 4) is 11.8 Å². The van der Waals surface area contributed by atoms with Gasteiger partial charge in [-0.15, -0.1) is 0 Å². The molecule has 1 unspecified atom stereocenters. The molecule has 1 fully saturated rings. The van der Waals surface area contributed by atoms with E-state index in [9.17, 15) is 14.4 Å². The molecule has 9 nitrogen and oxygen atoms in total. The number of aryl methyl sites for hydroxylation is 1. The molecule has 1 aromatic heterocycles. The zero-order chi connectivity index (χ0) is 37.2. The van der Waals surface area contributed by atoms with Crippen molar-refractivity contribution < 1.29 is 19.1 Å². The topological polar surface area (TPSA) is 120 Å². The van der Waals surface area contributed by atoms with Gasteiger partial charge in [-0.05, 0) is 84.8 Å². The summed E-state index contributed by atoms with van der Waals surface area (Å²) in [4.78, 5) is 46.6. The fraction of sp³-hybridized carbons (Fsp3) is 0.318. The summed E-state index contributed by atoms with van der Waals surface area (Å²) in [7, 11) is 0. The summed E-state index contributed by atoms with van der Waals surface area (Å²) >= 11 is 0. The summed E-state index contributed by atoms with van der Waals surface area (Å²) in [6.07, 6.45) is 7.30. The van der Waals surface area contributed by atoms with Crippen LogP contribution in [0.4, 0.5) is 0 Å². The maximum atomic E-state index is 14.2. The first-order chi connectivity index (χ1) is 25.6. The molecule has 1 aliphatic rings. The molecule has 4 aromatic carbocycles. The molecular formula is C44H47N5O4. The molecular weight excluding hydrogens is 663 g/mol. The number of carbonyl (C=O) groups excluding carboxylic acids is 3. The molecule has 2 heterocycles. The Hall–Kier alpha value is -5.56. The number of hydrogen-bond donors (Lipinski definition) is 2. The van der Waals surface area contributed by atoms with Crippen molar-refractivity contribution in [1.29, 1.82) is 0 Å². The highest BCUT2D eigenvalue weighted by Crippen LogP contribution is 2.28. The Balaban J connectivity index is 1.10. The number of benzene rings is 4. The third kappa shape index (κ3) is 10.1. The van der Waals surface area contributed by atoms with Gasteiger partial charge in [-0.2, -0.15) is 0 Å². The Labute approximate surface area is 311 Å². The third-order valence-corrected chi connectivity index (χ3v) is 9.75.